The average Bonchev–Trinajstić information content (AvgIpc) is 2.69. The first-order chi connectivity index (χ1) is 7.28. The SMILES string of the molecule is CNc1nc(C)cc(Sc2ncco2)n1. The zero-order valence-corrected chi connectivity index (χ0v) is 9.21. The van der Waals surface area contributed by atoms with Gasteiger partial charge < -0.3 is 9.73 Å². The Labute approximate surface area is 91.3 Å². The topological polar surface area (TPSA) is 63.8 Å². The molecule has 78 valence electrons. The minimum absolute atomic E-state index is 0.579. The summed E-state index contributed by atoms with van der Waals surface area (Å²) >= 11 is 1.37. The molecule has 0 fully saturated rings. The van der Waals surface area contributed by atoms with E-state index in [0.717, 1.165) is 10.7 Å². The maximum Gasteiger partial charge on any atom is 0.261 e. The van der Waals surface area contributed by atoms with Gasteiger partial charge in [0.1, 0.15) is 11.3 Å². The van der Waals surface area contributed by atoms with E-state index in [1.54, 1.807) is 13.2 Å². The summed E-state index contributed by atoms with van der Waals surface area (Å²) < 4.78 is 5.12. The summed E-state index contributed by atoms with van der Waals surface area (Å²) in [6, 6.07) is 1.88. The molecule has 0 radical (unpaired) electrons. The van der Waals surface area contributed by atoms with Crippen LogP contribution in [0.25, 0.3) is 0 Å². The summed E-state index contributed by atoms with van der Waals surface area (Å²) in [5, 5.41) is 4.29. The third kappa shape index (κ3) is 2.47. The van der Waals surface area contributed by atoms with Gasteiger partial charge in [0.25, 0.3) is 5.22 Å². The molecule has 2 rings (SSSR count). The van der Waals surface area contributed by atoms with Gasteiger partial charge in [0.15, 0.2) is 0 Å². The zero-order chi connectivity index (χ0) is 10.7. The van der Waals surface area contributed by atoms with Crippen molar-refractivity contribution in [3.8, 4) is 0 Å². The highest BCUT2D eigenvalue weighted by molar-refractivity contribution is 7.99. The second kappa shape index (κ2) is 4.31. The van der Waals surface area contributed by atoms with Gasteiger partial charge in [-0.1, -0.05) is 0 Å². The Morgan fingerprint density at radius 3 is 2.93 bits per heavy atom. The highest BCUT2D eigenvalue weighted by Crippen LogP contribution is 2.25. The van der Waals surface area contributed by atoms with Crippen LogP contribution in [0.4, 0.5) is 5.95 Å². The highest BCUT2D eigenvalue weighted by Gasteiger charge is 2.05. The number of hydrogen-bond acceptors (Lipinski definition) is 6. The molecule has 0 bridgehead atoms. The van der Waals surface area contributed by atoms with Crippen LogP contribution >= 0.6 is 11.8 Å². The second-order valence-electron chi connectivity index (χ2n) is 2.82. The van der Waals surface area contributed by atoms with E-state index in [9.17, 15) is 0 Å². The lowest BCUT2D eigenvalue weighted by Crippen LogP contribution is -1.98. The van der Waals surface area contributed by atoms with Crippen molar-refractivity contribution in [2.75, 3.05) is 12.4 Å². The van der Waals surface area contributed by atoms with Crippen molar-refractivity contribution in [3.63, 3.8) is 0 Å². The average molecular weight is 222 g/mol. The molecule has 0 saturated heterocycles. The van der Waals surface area contributed by atoms with Crippen LogP contribution in [0.1, 0.15) is 5.69 Å². The first-order valence-electron chi connectivity index (χ1n) is 4.38. The molecule has 0 unspecified atom stereocenters. The van der Waals surface area contributed by atoms with Crippen LogP contribution < -0.4 is 5.32 Å². The summed E-state index contributed by atoms with van der Waals surface area (Å²) in [6.07, 6.45) is 3.14. The fourth-order valence-corrected chi connectivity index (χ4v) is 1.81. The fourth-order valence-electron chi connectivity index (χ4n) is 1.05. The van der Waals surface area contributed by atoms with Crippen molar-refractivity contribution < 1.29 is 4.42 Å². The van der Waals surface area contributed by atoms with E-state index in [-0.39, 0.29) is 0 Å². The van der Waals surface area contributed by atoms with Gasteiger partial charge in [-0.05, 0) is 24.8 Å². The molecule has 0 saturated carbocycles. The highest BCUT2D eigenvalue weighted by atomic mass is 32.2. The number of aromatic nitrogens is 3. The zero-order valence-electron chi connectivity index (χ0n) is 8.39. The lowest BCUT2D eigenvalue weighted by molar-refractivity contribution is 0.454. The summed E-state index contributed by atoms with van der Waals surface area (Å²) in [5.74, 6) is 0.601. The fraction of sp³-hybridized carbons (Fsp3) is 0.222. The van der Waals surface area contributed by atoms with Gasteiger partial charge in [-0.3, -0.25) is 0 Å². The van der Waals surface area contributed by atoms with Gasteiger partial charge in [-0.15, -0.1) is 0 Å². The lowest BCUT2D eigenvalue weighted by Gasteiger charge is -2.02. The van der Waals surface area contributed by atoms with Gasteiger partial charge in [0.2, 0.25) is 5.95 Å². The van der Waals surface area contributed by atoms with Crippen LogP contribution in [-0.2, 0) is 0 Å². The van der Waals surface area contributed by atoms with Crippen molar-refractivity contribution in [2.24, 2.45) is 0 Å². The van der Waals surface area contributed by atoms with Crippen LogP contribution in [0.5, 0.6) is 0 Å². The molecule has 0 aromatic carbocycles. The van der Waals surface area contributed by atoms with Gasteiger partial charge >= 0.3 is 0 Å². The van der Waals surface area contributed by atoms with E-state index in [2.05, 4.69) is 20.3 Å². The van der Waals surface area contributed by atoms with E-state index < -0.39 is 0 Å². The maximum atomic E-state index is 5.12. The van der Waals surface area contributed by atoms with E-state index in [4.69, 9.17) is 4.42 Å². The van der Waals surface area contributed by atoms with Gasteiger partial charge in [-0.2, -0.15) is 0 Å². The van der Waals surface area contributed by atoms with Gasteiger partial charge in [0, 0.05) is 12.7 Å². The Balaban J connectivity index is 2.24. The summed E-state index contributed by atoms with van der Waals surface area (Å²) in [6.45, 7) is 1.92. The van der Waals surface area contributed by atoms with E-state index in [0.29, 0.717) is 11.2 Å². The predicted molar refractivity (Wildman–Crippen MR) is 56.9 cm³/mol. The van der Waals surface area contributed by atoms with Crippen LogP contribution in [0.3, 0.4) is 0 Å². The molecule has 15 heavy (non-hydrogen) atoms. The molecule has 1 N–H and O–H groups in total. The minimum Gasteiger partial charge on any atom is -0.440 e. The lowest BCUT2D eigenvalue weighted by atomic mass is 10.5. The summed E-state index contributed by atoms with van der Waals surface area (Å²) in [5.41, 5.74) is 0.906. The van der Waals surface area contributed by atoms with Crippen molar-refractivity contribution in [2.45, 2.75) is 17.2 Å². The number of aryl methyl sites for hydroxylation is 1. The van der Waals surface area contributed by atoms with Crippen molar-refractivity contribution >= 4 is 17.7 Å². The second-order valence-corrected chi connectivity index (χ2v) is 3.79. The molecule has 2 aromatic rings. The first-order valence-corrected chi connectivity index (χ1v) is 5.20. The molecule has 6 heteroatoms. The molecule has 0 aliphatic rings. The summed E-state index contributed by atoms with van der Waals surface area (Å²) in [4.78, 5) is 12.5. The number of nitrogens with one attached hydrogen (secondary N) is 1. The number of nitrogens with zero attached hydrogens (tertiary/aromatic N) is 3. The smallest absolute Gasteiger partial charge is 0.261 e. The van der Waals surface area contributed by atoms with Crippen molar-refractivity contribution in [1.82, 2.24) is 15.0 Å². The molecule has 0 spiro atoms. The third-order valence-corrected chi connectivity index (χ3v) is 2.45. The number of hydrogen-bond donors (Lipinski definition) is 1. The number of oxazole rings is 1. The van der Waals surface area contributed by atoms with E-state index in [1.807, 2.05) is 13.0 Å². The van der Waals surface area contributed by atoms with Crippen LogP contribution in [-0.4, -0.2) is 22.0 Å². The molecule has 0 aliphatic carbocycles. The monoisotopic (exact) mass is 222 g/mol. The van der Waals surface area contributed by atoms with Crippen LogP contribution in [0.15, 0.2) is 33.2 Å². The Morgan fingerprint density at radius 1 is 1.40 bits per heavy atom. The molecule has 2 aromatic heterocycles. The van der Waals surface area contributed by atoms with Crippen LogP contribution in [0, 0.1) is 6.92 Å². The Kier molecular flexibility index (Phi) is 2.86. The molecular weight excluding hydrogens is 212 g/mol. The molecule has 2 heterocycles. The Morgan fingerprint density at radius 2 is 2.27 bits per heavy atom. The molecule has 5 nitrogen and oxygen atoms in total. The molecular formula is C9H10N4OS. The predicted octanol–water partition coefficient (Wildman–Crippen LogP) is 1.97. The third-order valence-electron chi connectivity index (χ3n) is 1.66. The Hall–Kier alpha value is -1.56. The number of anilines is 1. The summed E-state index contributed by atoms with van der Waals surface area (Å²) in [7, 11) is 1.79. The number of rotatable bonds is 3. The quantitative estimate of drug-likeness (QED) is 0.801. The van der Waals surface area contributed by atoms with E-state index in [1.165, 1.54) is 18.0 Å². The van der Waals surface area contributed by atoms with Gasteiger partial charge in [-0.25, -0.2) is 15.0 Å². The first kappa shape index (κ1) is 9.97. The standard InChI is InChI=1S/C9H10N4OS/c1-6-5-7(13-8(10-2)12-6)15-9-11-3-4-14-9/h3-5H,1-2H3,(H,10,12,13). The normalized spacial score (nSPS) is 10.3. The minimum atomic E-state index is 0.579. The van der Waals surface area contributed by atoms with Crippen molar-refractivity contribution in [1.29, 1.82) is 0 Å². The molecule has 0 atom stereocenters. The van der Waals surface area contributed by atoms with Crippen LogP contribution in [0.2, 0.25) is 0 Å². The molecule has 0 aliphatic heterocycles. The van der Waals surface area contributed by atoms with E-state index >= 15 is 0 Å². The van der Waals surface area contributed by atoms with Gasteiger partial charge in [0.05, 0.1) is 6.20 Å². The van der Waals surface area contributed by atoms with Crippen molar-refractivity contribution in [3.05, 3.63) is 24.2 Å². The maximum absolute atomic E-state index is 5.12. The Bertz CT molecular complexity index is 443. The molecule has 0 amide bonds. The largest absolute Gasteiger partial charge is 0.440 e.